The number of thioether (sulfide) groups is 1. The molecule has 0 spiro atoms. The van der Waals surface area contributed by atoms with Crippen LogP contribution in [0, 0.1) is 0 Å². The summed E-state index contributed by atoms with van der Waals surface area (Å²) in [5.41, 5.74) is 0.157. The first kappa shape index (κ1) is 33.7. The average Bonchev–Trinajstić information content (AvgIpc) is 3.04. The summed E-state index contributed by atoms with van der Waals surface area (Å²) in [5, 5.41) is 17.1. The van der Waals surface area contributed by atoms with Crippen molar-refractivity contribution in [2.75, 3.05) is 17.7 Å². The van der Waals surface area contributed by atoms with E-state index in [4.69, 9.17) is 4.74 Å². The zero-order valence-corrected chi connectivity index (χ0v) is 25.5. The second-order valence-corrected chi connectivity index (χ2v) is 11.1. The first-order valence-corrected chi connectivity index (χ1v) is 14.9. The van der Waals surface area contributed by atoms with Crippen LogP contribution in [0.2, 0.25) is 0 Å². The molecule has 0 aliphatic carbocycles. The lowest BCUT2D eigenvalue weighted by atomic mass is 10.1. The van der Waals surface area contributed by atoms with Gasteiger partial charge in [0.15, 0.2) is 0 Å². The Kier molecular flexibility index (Phi) is 11.1. The molecule has 4 N–H and O–H groups in total. The highest BCUT2D eigenvalue weighted by Gasteiger charge is 2.30. The first-order chi connectivity index (χ1) is 22.0. The molecule has 0 aliphatic rings. The normalized spacial score (nSPS) is 12.2. The molecule has 0 fully saturated rings. The summed E-state index contributed by atoms with van der Waals surface area (Å²) in [6.45, 7) is 1.78. The molecule has 0 heterocycles. The van der Waals surface area contributed by atoms with E-state index in [1.165, 1.54) is 55.3 Å². The number of phenolic OH excluding ortho intramolecular Hbond substituents is 1. The Morgan fingerprint density at radius 1 is 0.891 bits per heavy atom. The van der Waals surface area contributed by atoms with E-state index < -0.39 is 34.7 Å². The van der Waals surface area contributed by atoms with Crippen molar-refractivity contribution in [3.63, 3.8) is 0 Å². The summed E-state index contributed by atoms with van der Waals surface area (Å²) in [6, 6.07) is 23.7. The molecule has 3 amide bonds. The minimum atomic E-state index is -4.54. The summed E-state index contributed by atoms with van der Waals surface area (Å²) in [6.07, 6.45) is -2.75. The lowest BCUT2D eigenvalue weighted by Crippen LogP contribution is -2.30. The third-order valence-electron chi connectivity index (χ3n) is 6.54. The van der Waals surface area contributed by atoms with Crippen LogP contribution in [-0.2, 0) is 15.8 Å². The van der Waals surface area contributed by atoms with Crippen molar-refractivity contribution in [1.29, 1.82) is 0 Å². The van der Waals surface area contributed by atoms with Gasteiger partial charge in [0.05, 0.1) is 17.9 Å². The molecule has 0 aromatic heterocycles. The Labute approximate surface area is 267 Å². The van der Waals surface area contributed by atoms with Crippen LogP contribution in [0.15, 0.2) is 108 Å². The number of carbonyl (C=O) groups is 3. The number of carbonyl (C=O) groups excluding carboxylic acids is 3. The third kappa shape index (κ3) is 9.14. The molecule has 1 atom stereocenters. The van der Waals surface area contributed by atoms with Crippen molar-refractivity contribution < 1.29 is 37.4 Å². The molecule has 12 heteroatoms. The zero-order chi connectivity index (χ0) is 33.3. The number of hydrogen-bond donors (Lipinski definition) is 4. The lowest BCUT2D eigenvalue weighted by Gasteiger charge is -2.17. The molecule has 4 aromatic carbocycles. The molecule has 4 aromatic rings. The number of hydrogen-bond acceptors (Lipinski definition) is 6. The van der Waals surface area contributed by atoms with E-state index >= 15 is 0 Å². The van der Waals surface area contributed by atoms with E-state index in [1.54, 1.807) is 61.5 Å². The lowest BCUT2D eigenvalue weighted by molar-refractivity contribution is -0.137. The SMILES string of the molecule is CCC(Sc1cccc(NC(=O)/C(=C\c2ccc(O)cc2OC)NC(=O)c2ccccc2)c1)C(=O)Nc1cccc(C(F)(F)F)c1. The van der Waals surface area contributed by atoms with Crippen LogP contribution in [0.3, 0.4) is 0 Å². The van der Waals surface area contributed by atoms with Crippen LogP contribution in [0.1, 0.15) is 34.8 Å². The maximum Gasteiger partial charge on any atom is 0.416 e. The van der Waals surface area contributed by atoms with Crippen LogP contribution >= 0.6 is 11.8 Å². The number of anilines is 2. The Hall–Kier alpha value is -5.23. The number of ether oxygens (including phenoxy) is 1. The summed E-state index contributed by atoms with van der Waals surface area (Å²) in [4.78, 5) is 40.1. The van der Waals surface area contributed by atoms with Crippen LogP contribution in [0.5, 0.6) is 11.5 Å². The molecular formula is C34H30F3N3O5S. The number of benzene rings is 4. The van der Waals surface area contributed by atoms with Gasteiger partial charge in [-0.25, -0.2) is 0 Å². The predicted molar refractivity (Wildman–Crippen MR) is 172 cm³/mol. The maximum absolute atomic E-state index is 13.5. The smallest absolute Gasteiger partial charge is 0.416 e. The number of nitrogens with one attached hydrogen (secondary N) is 3. The highest BCUT2D eigenvalue weighted by molar-refractivity contribution is 8.00. The van der Waals surface area contributed by atoms with Gasteiger partial charge in [-0.2, -0.15) is 13.2 Å². The zero-order valence-electron chi connectivity index (χ0n) is 24.7. The molecule has 46 heavy (non-hydrogen) atoms. The second kappa shape index (κ2) is 15.2. The number of halogens is 3. The molecule has 0 bridgehead atoms. The third-order valence-corrected chi connectivity index (χ3v) is 7.89. The van der Waals surface area contributed by atoms with Gasteiger partial charge in [-0.3, -0.25) is 14.4 Å². The highest BCUT2D eigenvalue weighted by atomic mass is 32.2. The monoisotopic (exact) mass is 649 g/mol. The van der Waals surface area contributed by atoms with Crippen LogP contribution < -0.4 is 20.7 Å². The fourth-order valence-electron chi connectivity index (χ4n) is 4.25. The molecule has 8 nitrogen and oxygen atoms in total. The summed E-state index contributed by atoms with van der Waals surface area (Å²) in [7, 11) is 1.40. The maximum atomic E-state index is 13.5. The fraction of sp³-hybridized carbons (Fsp3) is 0.147. The van der Waals surface area contributed by atoms with Crippen molar-refractivity contribution in [1.82, 2.24) is 5.32 Å². The Morgan fingerprint density at radius 3 is 2.26 bits per heavy atom. The largest absolute Gasteiger partial charge is 0.508 e. The molecule has 238 valence electrons. The number of amides is 3. The van der Waals surface area contributed by atoms with Crippen molar-refractivity contribution in [3.8, 4) is 11.5 Å². The van der Waals surface area contributed by atoms with Gasteiger partial charge in [0.25, 0.3) is 11.8 Å². The summed E-state index contributed by atoms with van der Waals surface area (Å²) < 4.78 is 44.6. The van der Waals surface area contributed by atoms with Gasteiger partial charge < -0.3 is 25.8 Å². The van der Waals surface area contributed by atoms with Crippen LogP contribution in [-0.4, -0.2) is 35.2 Å². The van der Waals surface area contributed by atoms with Crippen molar-refractivity contribution in [2.24, 2.45) is 0 Å². The molecule has 4 rings (SSSR count). The number of aromatic hydroxyl groups is 1. The number of alkyl halides is 3. The van der Waals surface area contributed by atoms with Gasteiger partial charge in [0.1, 0.15) is 17.2 Å². The summed E-state index contributed by atoms with van der Waals surface area (Å²) >= 11 is 1.18. The topological polar surface area (TPSA) is 117 Å². The predicted octanol–water partition coefficient (Wildman–Crippen LogP) is 7.34. The van der Waals surface area contributed by atoms with Crippen LogP contribution in [0.4, 0.5) is 24.5 Å². The van der Waals surface area contributed by atoms with E-state index in [0.29, 0.717) is 28.1 Å². The standard InChI is InChI=1S/C34H30F3N3O5S/c1-3-30(33(44)39-24-12-7-11-23(18-24)34(35,36)37)46-27-14-8-13-25(19-27)38-32(43)28(40-31(42)21-9-5-4-6-10-21)17-22-15-16-26(41)20-29(22)45-2/h4-20,30,41H,3H2,1-2H3,(H,38,43)(H,39,44)(H,40,42)/b28-17+. The van der Waals surface area contributed by atoms with Crippen molar-refractivity contribution in [2.45, 2.75) is 29.7 Å². The molecule has 0 saturated carbocycles. The Balaban J connectivity index is 1.53. The van der Waals surface area contributed by atoms with Gasteiger partial charge in [-0.15, -0.1) is 11.8 Å². The molecule has 0 aliphatic heterocycles. The number of methoxy groups -OCH3 is 1. The summed E-state index contributed by atoms with van der Waals surface area (Å²) in [5.74, 6) is -1.43. The van der Waals surface area contributed by atoms with Crippen LogP contribution in [0.25, 0.3) is 6.08 Å². The quantitative estimate of drug-likeness (QED) is 0.0999. The molecule has 0 saturated heterocycles. The minimum Gasteiger partial charge on any atom is -0.508 e. The van der Waals surface area contributed by atoms with Crippen molar-refractivity contribution >= 4 is 46.9 Å². The van der Waals surface area contributed by atoms with Gasteiger partial charge >= 0.3 is 6.18 Å². The number of phenols is 1. The Morgan fingerprint density at radius 2 is 1.59 bits per heavy atom. The molecule has 0 radical (unpaired) electrons. The molecule has 1 unspecified atom stereocenters. The molecular weight excluding hydrogens is 619 g/mol. The first-order valence-electron chi connectivity index (χ1n) is 14.0. The minimum absolute atomic E-state index is 0.0296. The average molecular weight is 650 g/mol. The fourth-order valence-corrected chi connectivity index (χ4v) is 5.26. The highest BCUT2D eigenvalue weighted by Crippen LogP contribution is 2.32. The Bertz CT molecular complexity index is 1750. The van der Waals surface area contributed by atoms with Gasteiger partial charge in [-0.05, 0) is 73.2 Å². The van der Waals surface area contributed by atoms with E-state index in [-0.39, 0.29) is 22.9 Å². The second-order valence-electron chi connectivity index (χ2n) is 9.87. The van der Waals surface area contributed by atoms with E-state index in [0.717, 1.165) is 12.1 Å². The number of rotatable bonds is 11. The van der Waals surface area contributed by atoms with Gasteiger partial charge in [0, 0.05) is 33.5 Å². The van der Waals surface area contributed by atoms with Gasteiger partial charge in [0.2, 0.25) is 5.91 Å². The van der Waals surface area contributed by atoms with E-state index in [9.17, 15) is 32.7 Å². The van der Waals surface area contributed by atoms with Gasteiger partial charge in [-0.1, -0.05) is 37.3 Å². The van der Waals surface area contributed by atoms with E-state index in [2.05, 4.69) is 16.0 Å². The van der Waals surface area contributed by atoms with E-state index in [1.807, 2.05) is 0 Å². The van der Waals surface area contributed by atoms with Crippen molar-refractivity contribution in [3.05, 3.63) is 119 Å².